The van der Waals surface area contributed by atoms with Crippen molar-refractivity contribution < 1.29 is 4.79 Å². The Morgan fingerprint density at radius 3 is 2.56 bits per heavy atom. The van der Waals surface area contributed by atoms with Crippen molar-refractivity contribution in [1.29, 1.82) is 0 Å². The van der Waals surface area contributed by atoms with Crippen LogP contribution in [-0.2, 0) is 0 Å². The van der Waals surface area contributed by atoms with Crippen molar-refractivity contribution in [3.05, 3.63) is 24.3 Å². The van der Waals surface area contributed by atoms with E-state index >= 15 is 0 Å². The van der Waals surface area contributed by atoms with Gasteiger partial charge in [-0.25, -0.2) is 4.98 Å². The molecule has 4 nitrogen and oxygen atoms in total. The average molecular weight is 249 g/mol. The third kappa shape index (κ3) is 4.53. The van der Waals surface area contributed by atoms with Crippen molar-refractivity contribution in [2.75, 3.05) is 6.54 Å². The Bertz CT molecular complexity index is 370. The largest absolute Gasteiger partial charge is 0.330 e. The van der Waals surface area contributed by atoms with Crippen LogP contribution in [0.2, 0.25) is 0 Å². The number of nitrogens with two attached hydrogens (primary N) is 1. The molecule has 1 heterocycles. The molecule has 0 amide bonds. The molecule has 0 aromatic carbocycles. The minimum absolute atomic E-state index is 0.0642. The molecular formula is C14H23N3O. The van der Waals surface area contributed by atoms with Gasteiger partial charge in [-0.3, -0.25) is 9.78 Å². The number of Topliss-reactive ketones (excluding diaryl/α,β-unsaturated/α-hetero) is 1. The molecule has 100 valence electrons. The maximum atomic E-state index is 11.9. The van der Waals surface area contributed by atoms with Gasteiger partial charge in [-0.05, 0) is 30.7 Å². The first-order valence-corrected chi connectivity index (χ1v) is 6.44. The van der Waals surface area contributed by atoms with Crippen molar-refractivity contribution >= 4 is 5.78 Å². The van der Waals surface area contributed by atoms with Gasteiger partial charge in [0.15, 0.2) is 5.78 Å². The van der Waals surface area contributed by atoms with Gasteiger partial charge in [-0.15, -0.1) is 0 Å². The molecule has 1 unspecified atom stereocenters. The van der Waals surface area contributed by atoms with Gasteiger partial charge in [0.1, 0.15) is 5.69 Å². The van der Waals surface area contributed by atoms with E-state index in [1.165, 1.54) is 6.20 Å². The van der Waals surface area contributed by atoms with E-state index in [4.69, 9.17) is 5.73 Å². The first kappa shape index (κ1) is 14.8. The second-order valence-electron chi connectivity index (χ2n) is 5.69. The molecule has 18 heavy (non-hydrogen) atoms. The zero-order valence-electron chi connectivity index (χ0n) is 11.5. The van der Waals surface area contributed by atoms with E-state index in [0.717, 1.165) is 12.8 Å². The number of nitrogens with zero attached hydrogens (tertiary/aromatic N) is 2. The smallest absolute Gasteiger partial charge is 0.182 e. The van der Waals surface area contributed by atoms with Crippen LogP contribution in [0, 0.1) is 11.3 Å². The van der Waals surface area contributed by atoms with E-state index in [1.54, 1.807) is 12.4 Å². The molecule has 0 bridgehead atoms. The molecule has 0 fully saturated rings. The summed E-state index contributed by atoms with van der Waals surface area (Å²) in [5, 5.41) is 0. The molecule has 0 spiro atoms. The van der Waals surface area contributed by atoms with Gasteiger partial charge in [0.25, 0.3) is 0 Å². The molecule has 0 aliphatic carbocycles. The van der Waals surface area contributed by atoms with Gasteiger partial charge in [-0.2, -0.15) is 0 Å². The lowest BCUT2D eigenvalue weighted by Crippen LogP contribution is -2.24. The van der Waals surface area contributed by atoms with E-state index in [2.05, 4.69) is 30.7 Å². The minimum atomic E-state index is 0.0642. The lowest BCUT2D eigenvalue weighted by atomic mass is 9.76. The van der Waals surface area contributed by atoms with Crippen LogP contribution < -0.4 is 5.73 Å². The fourth-order valence-electron chi connectivity index (χ4n) is 2.09. The van der Waals surface area contributed by atoms with Crippen LogP contribution in [0.25, 0.3) is 0 Å². The van der Waals surface area contributed by atoms with Crippen molar-refractivity contribution in [3.8, 4) is 0 Å². The third-order valence-electron chi connectivity index (χ3n) is 3.31. The van der Waals surface area contributed by atoms with Gasteiger partial charge in [0, 0.05) is 18.8 Å². The van der Waals surface area contributed by atoms with Crippen LogP contribution in [0.1, 0.15) is 50.5 Å². The van der Waals surface area contributed by atoms with Gasteiger partial charge >= 0.3 is 0 Å². The van der Waals surface area contributed by atoms with Crippen LogP contribution in [0.4, 0.5) is 0 Å². The molecule has 0 aliphatic rings. The van der Waals surface area contributed by atoms with E-state index in [9.17, 15) is 4.79 Å². The highest BCUT2D eigenvalue weighted by molar-refractivity contribution is 5.93. The summed E-state index contributed by atoms with van der Waals surface area (Å²) in [6.45, 7) is 7.25. The Balaban J connectivity index is 2.55. The van der Waals surface area contributed by atoms with Gasteiger partial charge in [0.2, 0.25) is 0 Å². The van der Waals surface area contributed by atoms with Crippen LogP contribution in [0.3, 0.4) is 0 Å². The van der Waals surface area contributed by atoms with Gasteiger partial charge in [0.05, 0.1) is 6.20 Å². The average Bonchev–Trinajstić information content (AvgIpc) is 2.33. The quantitative estimate of drug-likeness (QED) is 0.786. The summed E-state index contributed by atoms with van der Waals surface area (Å²) in [5.74, 6) is 0.525. The van der Waals surface area contributed by atoms with Gasteiger partial charge < -0.3 is 5.73 Å². The Labute approximate surface area is 109 Å². The normalized spacial score (nSPS) is 13.3. The van der Waals surface area contributed by atoms with E-state index < -0.39 is 0 Å². The van der Waals surface area contributed by atoms with E-state index in [1.807, 2.05) is 0 Å². The SMILES string of the molecule is CC(C)(C)C(CCN)CCC(=O)c1cnccn1. The molecule has 1 aromatic rings. The summed E-state index contributed by atoms with van der Waals surface area (Å²) < 4.78 is 0. The number of rotatable bonds is 6. The molecule has 0 saturated heterocycles. The van der Waals surface area contributed by atoms with Crippen molar-refractivity contribution in [1.82, 2.24) is 9.97 Å². The zero-order valence-corrected chi connectivity index (χ0v) is 11.5. The van der Waals surface area contributed by atoms with Crippen LogP contribution in [0.5, 0.6) is 0 Å². The molecule has 0 saturated carbocycles. The predicted octanol–water partition coefficient (Wildman–Crippen LogP) is 2.45. The fourth-order valence-corrected chi connectivity index (χ4v) is 2.09. The molecule has 0 aliphatic heterocycles. The minimum Gasteiger partial charge on any atom is -0.330 e. The number of aromatic nitrogens is 2. The number of hydrogen-bond donors (Lipinski definition) is 1. The molecule has 2 N–H and O–H groups in total. The highest BCUT2D eigenvalue weighted by atomic mass is 16.1. The fraction of sp³-hybridized carbons (Fsp3) is 0.643. The Kier molecular flexibility index (Phi) is 5.41. The summed E-state index contributed by atoms with van der Waals surface area (Å²) in [5.41, 5.74) is 6.28. The number of ketones is 1. The standard InChI is InChI=1S/C14H23N3O/c1-14(2,3)11(6-7-15)4-5-13(18)12-10-16-8-9-17-12/h8-11H,4-7,15H2,1-3H3. The maximum Gasteiger partial charge on any atom is 0.182 e. The summed E-state index contributed by atoms with van der Waals surface area (Å²) in [7, 11) is 0. The highest BCUT2D eigenvalue weighted by Gasteiger charge is 2.24. The summed E-state index contributed by atoms with van der Waals surface area (Å²) >= 11 is 0. The Morgan fingerprint density at radius 2 is 2.06 bits per heavy atom. The van der Waals surface area contributed by atoms with E-state index in [0.29, 0.717) is 24.6 Å². The summed E-state index contributed by atoms with van der Waals surface area (Å²) in [4.78, 5) is 19.9. The number of carbonyl (C=O) groups excluding carboxylic acids is 1. The molecule has 0 radical (unpaired) electrons. The second kappa shape index (κ2) is 6.59. The van der Waals surface area contributed by atoms with Crippen LogP contribution in [0.15, 0.2) is 18.6 Å². The summed E-state index contributed by atoms with van der Waals surface area (Å²) in [6, 6.07) is 0. The number of hydrogen-bond acceptors (Lipinski definition) is 4. The van der Waals surface area contributed by atoms with Crippen molar-refractivity contribution in [2.24, 2.45) is 17.1 Å². The Morgan fingerprint density at radius 1 is 1.33 bits per heavy atom. The second-order valence-corrected chi connectivity index (χ2v) is 5.69. The Hall–Kier alpha value is -1.29. The van der Waals surface area contributed by atoms with Crippen molar-refractivity contribution in [3.63, 3.8) is 0 Å². The molecule has 1 rings (SSSR count). The summed E-state index contributed by atoms with van der Waals surface area (Å²) in [6.07, 6.45) is 6.98. The number of carbonyl (C=O) groups is 1. The first-order valence-electron chi connectivity index (χ1n) is 6.44. The first-order chi connectivity index (χ1) is 8.45. The monoisotopic (exact) mass is 249 g/mol. The highest BCUT2D eigenvalue weighted by Crippen LogP contribution is 2.32. The third-order valence-corrected chi connectivity index (χ3v) is 3.31. The zero-order chi connectivity index (χ0) is 13.6. The topological polar surface area (TPSA) is 68.9 Å². The van der Waals surface area contributed by atoms with Crippen LogP contribution >= 0.6 is 0 Å². The molecular weight excluding hydrogens is 226 g/mol. The molecule has 1 atom stereocenters. The van der Waals surface area contributed by atoms with Crippen molar-refractivity contribution in [2.45, 2.75) is 40.0 Å². The van der Waals surface area contributed by atoms with Gasteiger partial charge in [-0.1, -0.05) is 20.8 Å². The molecule has 4 heteroatoms. The maximum absolute atomic E-state index is 11.9. The molecule has 1 aromatic heterocycles. The van der Waals surface area contributed by atoms with E-state index in [-0.39, 0.29) is 11.2 Å². The predicted molar refractivity (Wildman–Crippen MR) is 72.2 cm³/mol. The van der Waals surface area contributed by atoms with Crippen LogP contribution in [-0.4, -0.2) is 22.3 Å². The lowest BCUT2D eigenvalue weighted by molar-refractivity contribution is 0.0952. The lowest BCUT2D eigenvalue weighted by Gasteiger charge is -2.30.